The summed E-state index contributed by atoms with van der Waals surface area (Å²) in [6, 6.07) is 8.64. The zero-order valence-electron chi connectivity index (χ0n) is 11.0. The molecular weight excluding hydrogens is 244 g/mol. The van der Waals surface area contributed by atoms with E-state index in [1.807, 2.05) is 30.3 Å². The van der Waals surface area contributed by atoms with E-state index in [-0.39, 0.29) is 18.6 Å². The Morgan fingerprint density at radius 2 is 2.26 bits per heavy atom. The molecule has 1 aliphatic heterocycles. The van der Waals surface area contributed by atoms with Crippen LogP contribution in [0.3, 0.4) is 0 Å². The first-order valence-electron chi connectivity index (χ1n) is 6.38. The van der Waals surface area contributed by atoms with Gasteiger partial charge in [-0.05, 0) is 12.5 Å². The summed E-state index contributed by atoms with van der Waals surface area (Å²) in [4.78, 5) is 12.3. The first-order chi connectivity index (χ1) is 9.08. The van der Waals surface area contributed by atoms with Gasteiger partial charge in [0.05, 0.1) is 31.3 Å². The van der Waals surface area contributed by atoms with Gasteiger partial charge < -0.3 is 20.9 Å². The summed E-state index contributed by atoms with van der Waals surface area (Å²) in [5.74, 6) is -0.180. The largest absolute Gasteiger partial charge is 0.394 e. The molecule has 0 aromatic heterocycles. The molecular formula is C14H20N2O3. The van der Waals surface area contributed by atoms with Crippen molar-refractivity contribution in [3.05, 3.63) is 35.9 Å². The van der Waals surface area contributed by atoms with Crippen LogP contribution >= 0.6 is 0 Å². The molecule has 2 rings (SSSR count). The Morgan fingerprint density at radius 3 is 2.79 bits per heavy atom. The van der Waals surface area contributed by atoms with Gasteiger partial charge in [-0.1, -0.05) is 30.3 Å². The second-order valence-electron chi connectivity index (χ2n) is 5.16. The molecule has 0 saturated carbocycles. The smallest absolute Gasteiger partial charge is 0.230 e. The Balaban J connectivity index is 2.09. The first-order valence-corrected chi connectivity index (χ1v) is 6.38. The van der Waals surface area contributed by atoms with Crippen molar-refractivity contribution in [1.82, 2.24) is 5.32 Å². The predicted molar refractivity (Wildman–Crippen MR) is 71.3 cm³/mol. The number of hydrogen-bond acceptors (Lipinski definition) is 4. The van der Waals surface area contributed by atoms with Crippen LogP contribution in [0.2, 0.25) is 0 Å². The van der Waals surface area contributed by atoms with Crippen LogP contribution in [0.4, 0.5) is 0 Å². The predicted octanol–water partition coefficient (Wildman–Crippen LogP) is 0.200. The van der Waals surface area contributed by atoms with Gasteiger partial charge in [0.2, 0.25) is 5.91 Å². The van der Waals surface area contributed by atoms with E-state index in [4.69, 9.17) is 10.5 Å². The second-order valence-corrected chi connectivity index (χ2v) is 5.16. The van der Waals surface area contributed by atoms with Gasteiger partial charge in [-0.2, -0.15) is 0 Å². The maximum absolute atomic E-state index is 12.3. The fourth-order valence-corrected chi connectivity index (χ4v) is 2.17. The Morgan fingerprint density at radius 1 is 1.58 bits per heavy atom. The van der Waals surface area contributed by atoms with Gasteiger partial charge in [0, 0.05) is 6.04 Å². The molecule has 1 fully saturated rings. The van der Waals surface area contributed by atoms with Gasteiger partial charge in [0.15, 0.2) is 0 Å². The Hall–Kier alpha value is -1.43. The van der Waals surface area contributed by atoms with E-state index in [9.17, 15) is 9.90 Å². The van der Waals surface area contributed by atoms with Crippen molar-refractivity contribution in [3.8, 4) is 0 Å². The van der Waals surface area contributed by atoms with Crippen molar-refractivity contribution in [2.24, 2.45) is 11.1 Å². The van der Waals surface area contributed by atoms with Crippen molar-refractivity contribution in [2.45, 2.75) is 19.0 Å². The van der Waals surface area contributed by atoms with E-state index >= 15 is 0 Å². The molecule has 1 amide bonds. The quantitative estimate of drug-likeness (QED) is 0.725. The van der Waals surface area contributed by atoms with Gasteiger partial charge in [0.1, 0.15) is 0 Å². The molecule has 1 saturated heterocycles. The molecule has 1 aromatic carbocycles. The minimum absolute atomic E-state index is 0.151. The monoisotopic (exact) mass is 264 g/mol. The van der Waals surface area contributed by atoms with Gasteiger partial charge >= 0.3 is 0 Å². The first kappa shape index (κ1) is 14.0. The minimum atomic E-state index is -0.734. The fourth-order valence-electron chi connectivity index (χ4n) is 2.17. The fraction of sp³-hybridized carbons (Fsp3) is 0.500. The number of carbonyl (C=O) groups is 1. The Labute approximate surface area is 112 Å². The van der Waals surface area contributed by atoms with Crippen LogP contribution in [-0.4, -0.2) is 36.9 Å². The Bertz CT molecular complexity index is 438. The van der Waals surface area contributed by atoms with Gasteiger partial charge in [-0.25, -0.2) is 0 Å². The minimum Gasteiger partial charge on any atom is -0.394 e. The normalized spacial score (nSPS) is 28.1. The lowest BCUT2D eigenvalue weighted by Crippen LogP contribution is -2.51. The lowest BCUT2D eigenvalue weighted by Gasteiger charge is -2.28. The number of amides is 1. The lowest BCUT2D eigenvalue weighted by atomic mass is 9.84. The summed E-state index contributed by atoms with van der Waals surface area (Å²) in [6.07, 6.45) is 0. The van der Waals surface area contributed by atoms with Gasteiger partial charge in [-0.15, -0.1) is 0 Å². The zero-order chi connectivity index (χ0) is 13.9. The van der Waals surface area contributed by atoms with Crippen molar-refractivity contribution >= 4 is 5.91 Å². The molecule has 104 valence electrons. The lowest BCUT2D eigenvalue weighted by molar-refractivity contribution is -0.131. The molecule has 3 atom stereocenters. The number of ether oxygens (including phenoxy) is 1. The molecule has 4 N–H and O–H groups in total. The van der Waals surface area contributed by atoms with Crippen LogP contribution in [-0.2, 0) is 9.53 Å². The SMILES string of the molecule is CC1(C(=O)N[C@H](CO)c2ccccc2)COCC1N. The molecule has 1 aliphatic rings. The molecule has 0 radical (unpaired) electrons. The highest BCUT2D eigenvalue weighted by Crippen LogP contribution is 2.28. The molecule has 1 aromatic rings. The molecule has 2 unspecified atom stereocenters. The summed E-state index contributed by atoms with van der Waals surface area (Å²) in [5.41, 5.74) is 6.06. The molecule has 19 heavy (non-hydrogen) atoms. The number of rotatable bonds is 4. The summed E-state index contributed by atoms with van der Waals surface area (Å²) in [7, 11) is 0. The number of nitrogens with one attached hydrogen (secondary N) is 1. The maximum Gasteiger partial charge on any atom is 0.230 e. The number of aliphatic hydroxyl groups is 1. The number of carbonyl (C=O) groups excluding carboxylic acids is 1. The van der Waals surface area contributed by atoms with Crippen molar-refractivity contribution < 1.29 is 14.6 Å². The van der Waals surface area contributed by atoms with Crippen LogP contribution in [0.25, 0.3) is 0 Å². The number of aliphatic hydroxyl groups excluding tert-OH is 1. The average molecular weight is 264 g/mol. The van der Waals surface area contributed by atoms with Crippen molar-refractivity contribution in [2.75, 3.05) is 19.8 Å². The molecule has 0 aliphatic carbocycles. The summed E-state index contributed by atoms with van der Waals surface area (Å²) >= 11 is 0. The third kappa shape index (κ3) is 2.78. The van der Waals surface area contributed by atoms with Crippen molar-refractivity contribution in [1.29, 1.82) is 0 Å². The van der Waals surface area contributed by atoms with E-state index in [0.29, 0.717) is 13.2 Å². The summed E-state index contributed by atoms with van der Waals surface area (Å²) in [6.45, 7) is 2.34. The average Bonchev–Trinajstić information content (AvgIpc) is 2.78. The van der Waals surface area contributed by atoms with Crippen LogP contribution in [0.15, 0.2) is 30.3 Å². The van der Waals surface area contributed by atoms with Crippen LogP contribution in [0, 0.1) is 5.41 Å². The highest BCUT2D eigenvalue weighted by Gasteiger charge is 2.44. The van der Waals surface area contributed by atoms with Crippen molar-refractivity contribution in [3.63, 3.8) is 0 Å². The second kappa shape index (κ2) is 5.69. The zero-order valence-corrected chi connectivity index (χ0v) is 11.0. The molecule has 0 spiro atoms. The van der Waals surface area contributed by atoms with Crippen LogP contribution in [0.5, 0.6) is 0 Å². The third-order valence-corrected chi connectivity index (χ3v) is 3.73. The van der Waals surface area contributed by atoms with E-state index in [1.54, 1.807) is 6.92 Å². The molecule has 5 heteroatoms. The maximum atomic E-state index is 12.3. The Kier molecular flexibility index (Phi) is 4.19. The van der Waals surface area contributed by atoms with Gasteiger partial charge in [0.25, 0.3) is 0 Å². The standard InChI is InChI=1S/C14H20N2O3/c1-14(9-19-8-12(14)15)13(18)16-11(7-17)10-5-3-2-4-6-10/h2-6,11-12,17H,7-9,15H2,1H3,(H,16,18)/t11-,12?,14?/m1/s1. The molecule has 1 heterocycles. The van der Waals surface area contributed by atoms with E-state index < -0.39 is 11.5 Å². The number of nitrogens with two attached hydrogens (primary N) is 1. The summed E-state index contributed by atoms with van der Waals surface area (Å²) in [5, 5.41) is 12.3. The topological polar surface area (TPSA) is 84.6 Å². The highest BCUT2D eigenvalue weighted by atomic mass is 16.5. The van der Waals surface area contributed by atoms with Crippen LogP contribution < -0.4 is 11.1 Å². The highest BCUT2D eigenvalue weighted by molar-refractivity contribution is 5.84. The van der Waals surface area contributed by atoms with E-state index in [1.165, 1.54) is 0 Å². The molecule has 0 bridgehead atoms. The summed E-state index contributed by atoms with van der Waals surface area (Å²) < 4.78 is 5.27. The van der Waals surface area contributed by atoms with Gasteiger partial charge in [-0.3, -0.25) is 4.79 Å². The van der Waals surface area contributed by atoms with E-state index in [2.05, 4.69) is 5.32 Å². The van der Waals surface area contributed by atoms with E-state index in [0.717, 1.165) is 5.56 Å². The van der Waals surface area contributed by atoms with Crippen LogP contribution in [0.1, 0.15) is 18.5 Å². The number of benzene rings is 1. The third-order valence-electron chi connectivity index (χ3n) is 3.73. The number of hydrogen-bond donors (Lipinski definition) is 3. The molecule has 5 nitrogen and oxygen atoms in total.